The average Bonchev–Trinajstić information content (AvgIpc) is 2.93. The summed E-state index contributed by atoms with van der Waals surface area (Å²) in [6, 6.07) is 17.2. The molecular weight excluding hydrogens is 491 g/mol. The number of anilines is 2. The molecule has 0 aliphatic heterocycles. The summed E-state index contributed by atoms with van der Waals surface area (Å²) in [7, 11) is 4.68. The van der Waals surface area contributed by atoms with Crippen LogP contribution >= 0.6 is 0 Å². The molecule has 194 valence electrons. The Labute approximate surface area is 218 Å². The van der Waals surface area contributed by atoms with Crippen LogP contribution in [0.2, 0.25) is 0 Å². The van der Waals surface area contributed by atoms with Gasteiger partial charge in [0, 0.05) is 42.3 Å². The van der Waals surface area contributed by atoms with Crippen molar-refractivity contribution in [2.45, 2.75) is 0 Å². The van der Waals surface area contributed by atoms with E-state index in [0.717, 1.165) is 5.39 Å². The Kier molecular flexibility index (Phi) is 8.02. The van der Waals surface area contributed by atoms with Gasteiger partial charge in [-0.25, -0.2) is 4.39 Å². The summed E-state index contributed by atoms with van der Waals surface area (Å²) >= 11 is 0. The lowest BCUT2D eigenvalue weighted by molar-refractivity contribution is -0.118. The van der Waals surface area contributed by atoms with Gasteiger partial charge in [0.2, 0.25) is 0 Å². The number of hydrogen-bond acceptors (Lipinski definition) is 7. The van der Waals surface area contributed by atoms with Crippen molar-refractivity contribution >= 4 is 34.1 Å². The van der Waals surface area contributed by atoms with Crippen molar-refractivity contribution in [1.29, 1.82) is 0 Å². The maximum atomic E-state index is 13.1. The first-order chi connectivity index (χ1) is 18.4. The van der Waals surface area contributed by atoms with E-state index in [2.05, 4.69) is 20.9 Å². The van der Waals surface area contributed by atoms with Crippen molar-refractivity contribution in [2.24, 2.45) is 0 Å². The van der Waals surface area contributed by atoms with Gasteiger partial charge in [-0.15, -0.1) is 0 Å². The number of rotatable bonds is 9. The molecule has 4 rings (SSSR count). The molecule has 0 aliphatic rings. The first kappa shape index (κ1) is 26.0. The standard InChI is InChI=1S/C28H25FN4O5/c1-30-16-22(27(34)32-18-6-4-17(29)5-7-18)28(35)33-19-8-10-20(11-9-19)38-24-12-13-31-23-15-26(37-3)25(36-2)14-21(23)24/h4-16,30H,1-3H3,(H,32,34)(H,33,35)/b22-16+. The van der Waals surface area contributed by atoms with Gasteiger partial charge in [-0.05, 0) is 60.7 Å². The second kappa shape index (κ2) is 11.7. The average molecular weight is 517 g/mol. The fraction of sp³-hybridized carbons (Fsp3) is 0.107. The third kappa shape index (κ3) is 5.98. The number of nitrogens with one attached hydrogen (secondary N) is 3. The first-order valence-electron chi connectivity index (χ1n) is 11.5. The number of carbonyl (C=O) groups is 2. The molecule has 0 spiro atoms. The van der Waals surface area contributed by atoms with Crippen LogP contribution in [0.4, 0.5) is 15.8 Å². The van der Waals surface area contributed by atoms with E-state index in [-0.39, 0.29) is 5.57 Å². The normalized spacial score (nSPS) is 11.0. The Morgan fingerprint density at radius 3 is 1.97 bits per heavy atom. The van der Waals surface area contributed by atoms with Crippen molar-refractivity contribution in [3.8, 4) is 23.0 Å². The highest BCUT2D eigenvalue weighted by molar-refractivity contribution is 6.26. The third-order valence-corrected chi connectivity index (χ3v) is 5.43. The minimum atomic E-state index is -0.653. The topological polar surface area (TPSA) is 111 Å². The highest BCUT2D eigenvalue weighted by Crippen LogP contribution is 2.37. The number of methoxy groups -OCH3 is 2. The number of amides is 2. The summed E-state index contributed by atoms with van der Waals surface area (Å²) < 4.78 is 29.9. The summed E-state index contributed by atoms with van der Waals surface area (Å²) in [5.41, 5.74) is 1.31. The molecule has 38 heavy (non-hydrogen) atoms. The molecule has 0 saturated heterocycles. The molecule has 3 N–H and O–H groups in total. The van der Waals surface area contributed by atoms with Crippen LogP contribution in [0.3, 0.4) is 0 Å². The molecule has 0 atom stereocenters. The second-order valence-corrected chi connectivity index (χ2v) is 7.92. The fourth-order valence-electron chi connectivity index (χ4n) is 3.58. The van der Waals surface area contributed by atoms with Gasteiger partial charge in [0.25, 0.3) is 11.8 Å². The minimum Gasteiger partial charge on any atom is -0.493 e. The molecule has 9 nitrogen and oxygen atoms in total. The van der Waals surface area contributed by atoms with Crippen molar-refractivity contribution in [3.05, 3.63) is 90.5 Å². The van der Waals surface area contributed by atoms with Crippen molar-refractivity contribution < 1.29 is 28.2 Å². The molecule has 0 bridgehead atoms. The van der Waals surface area contributed by atoms with Crippen molar-refractivity contribution in [2.75, 3.05) is 31.9 Å². The Hall–Kier alpha value is -5.12. The number of benzene rings is 3. The van der Waals surface area contributed by atoms with Gasteiger partial charge in [0.15, 0.2) is 11.5 Å². The Morgan fingerprint density at radius 1 is 0.816 bits per heavy atom. The molecule has 10 heteroatoms. The summed E-state index contributed by atoms with van der Waals surface area (Å²) in [5.74, 6) is 0.465. The molecule has 4 aromatic rings. The summed E-state index contributed by atoms with van der Waals surface area (Å²) in [5, 5.41) is 8.68. The Bertz CT molecular complexity index is 1490. The fourth-order valence-corrected chi connectivity index (χ4v) is 3.58. The number of aromatic nitrogens is 1. The van der Waals surface area contributed by atoms with E-state index >= 15 is 0 Å². The SMILES string of the molecule is CN/C=C(\C(=O)Nc1ccc(F)cc1)C(=O)Nc1ccc(Oc2ccnc3cc(OC)c(OC)cc23)cc1. The number of hydrogen-bond donors (Lipinski definition) is 3. The molecule has 1 heterocycles. The predicted octanol–water partition coefficient (Wildman–Crippen LogP) is 4.86. The Balaban J connectivity index is 1.47. The number of halogens is 1. The lowest BCUT2D eigenvalue weighted by atomic mass is 10.2. The smallest absolute Gasteiger partial charge is 0.262 e. The second-order valence-electron chi connectivity index (χ2n) is 7.92. The van der Waals surface area contributed by atoms with Gasteiger partial charge in [-0.3, -0.25) is 14.6 Å². The van der Waals surface area contributed by atoms with Gasteiger partial charge in [0.05, 0.1) is 19.7 Å². The number of ether oxygens (including phenoxy) is 3. The minimum absolute atomic E-state index is 0.162. The number of carbonyl (C=O) groups excluding carboxylic acids is 2. The maximum absolute atomic E-state index is 13.1. The van der Waals surface area contributed by atoms with Crippen LogP contribution in [0.1, 0.15) is 0 Å². The molecule has 3 aromatic carbocycles. The highest BCUT2D eigenvalue weighted by atomic mass is 19.1. The van der Waals surface area contributed by atoms with Crippen LogP contribution in [0.5, 0.6) is 23.0 Å². The molecule has 2 amide bonds. The van der Waals surface area contributed by atoms with Crippen LogP contribution in [0.15, 0.2) is 84.7 Å². The molecule has 0 unspecified atom stereocenters. The van der Waals surface area contributed by atoms with Crippen molar-refractivity contribution in [3.63, 3.8) is 0 Å². The largest absolute Gasteiger partial charge is 0.493 e. The third-order valence-electron chi connectivity index (χ3n) is 5.43. The Morgan fingerprint density at radius 2 is 1.39 bits per heavy atom. The zero-order chi connectivity index (χ0) is 27.1. The summed E-state index contributed by atoms with van der Waals surface area (Å²) in [6.45, 7) is 0. The van der Waals surface area contributed by atoms with Gasteiger partial charge < -0.3 is 30.2 Å². The van der Waals surface area contributed by atoms with E-state index < -0.39 is 17.6 Å². The van der Waals surface area contributed by atoms with Crippen molar-refractivity contribution in [1.82, 2.24) is 10.3 Å². The van der Waals surface area contributed by atoms with Crippen LogP contribution < -0.4 is 30.2 Å². The van der Waals surface area contributed by atoms with Gasteiger partial charge >= 0.3 is 0 Å². The van der Waals surface area contributed by atoms with Gasteiger partial charge in [0.1, 0.15) is 22.9 Å². The van der Waals surface area contributed by atoms with E-state index in [4.69, 9.17) is 14.2 Å². The zero-order valence-corrected chi connectivity index (χ0v) is 20.9. The van der Waals surface area contributed by atoms with Crippen LogP contribution in [0, 0.1) is 5.82 Å². The maximum Gasteiger partial charge on any atom is 0.262 e. The van der Waals surface area contributed by atoms with E-state index in [0.29, 0.717) is 39.9 Å². The monoisotopic (exact) mass is 516 g/mol. The number of nitrogens with zero attached hydrogens (tertiary/aromatic N) is 1. The lowest BCUT2D eigenvalue weighted by Crippen LogP contribution is -2.26. The van der Waals surface area contributed by atoms with E-state index in [1.54, 1.807) is 69.9 Å². The quantitative estimate of drug-likeness (QED) is 0.165. The molecule has 0 radical (unpaired) electrons. The molecule has 0 fully saturated rings. The first-order valence-corrected chi connectivity index (χ1v) is 11.5. The van der Waals surface area contributed by atoms with Crippen LogP contribution in [-0.4, -0.2) is 38.1 Å². The van der Waals surface area contributed by atoms with E-state index in [1.807, 2.05) is 0 Å². The van der Waals surface area contributed by atoms with Crippen LogP contribution in [0.25, 0.3) is 10.9 Å². The van der Waals surface area contributed by atoms with Crippen LogP contribution in [-0.2, 0) is 9.59 Å². The zero-order valence-electron chi connectivity index (χ0n) is 20.9. The number of pyridine rings is 1. The molecule has 0 aliphatic carbocycles. The van der Waals surface area contributed by atoms with E-state index in [9.17, 15) is 14.0 Å². The number of fused-ring (bicyclic) bond motifs is 1. The molecule has 0 saturated carbocycles. The van der Waals surface area contributed by atoms with E-state index in [1.165, 1.54) is 30.5 Å². The predicted molar refractivity (Wildman–Crippen MR) is 142 cm³/mol. The molecular formula is C28H25FN4O5. The van der Waals surface area contributed by atoms with Gasteiger partial charge in [-0.1, -0.05) is 0 Å². The van der Waals surface area contributed by atoms with Gasteiger partial charge in [-0.2, -0.15) is 0 Å². The molecule has 1 aromatic heterocycles. The summed E-state index contributed by atoms with van der Waals surface area (Å²) in [6.07, 6.45) is 2.91. The summed E-state index contributed by atoms with van der Waals surface area (Å²) in [4.78, 5) is 29.8. The highest BCUT2D eigenvalue weighted by Gasteiger charge is 2.19. The lowest BCUT2D eigenvalue weighted by Gasteiger charge is -2.13.